The van der Waals surface area contributed by atoms with Crippen LogP contribution < -0.4 is 4.74 Å². The quantitative estimate of drug-likeness (QED) is 0.576. The van der Waals surface area contributed by atoms with Crippen molar-refractivity contribution in [1.82, 2.24) is 0 Å². The van der Waals surface area contributed by atoms with Gasteiger partial charge >= 0.3 is 0 Å². The number of likely N-dealkylation sites (N-methyl/N-ethyl adjacent to an activating group) is 1. The normalized spacial score (nSPS) is 26.8. The van der Waals surface area contributed by atoms with E-state index in [0.717, 1.165) is 34.8 Å². The number of aliphatic hydroxyl groups is 1. The molecule has 4 unspecified atom stereocenters. The summed E-state index contributed by atoms with van der Waals surface area (Å²) in [6.07, 6.45) is 10.0. The highest BCUT2D eigenvalue weighted by Gasteiger charge is 2.49. The number of allylic oxidation sites excluding steroid dienone is 2. The minimum atomic E-state index is -0.0392. The largest absolute Gasteiger partial charge is 0.496 e. The van der Waals surface area contributed by atoms with Crippen molar-refractivity contribution in [1.29, 1.82) is 0 Å². The Kier molecular flexibility index (Phi) is 4.88. The lowest BCUT2D eigenvalue weighted by Gasteiger charge is -2.40. The molecule has 2 aromatic carbocycles. The molecule has 1 fully saturated rings. The molecule has 1 N–H and O–H groups in total. The van der Waals surface area contributed by atoms with Crippen molar-refractivity contribution in [2.24, 2.45) is 11.8 Å². The molecule has 5 nitrogen and oxygen atoms in total. The van der Waals surface area contributed by atoms with Gasteiger partial charge in [-0.2, -0.15) is 0 Å². The maximum atomic E-state index is 9.78. The van der Waals surface area contributed by atoms with Gasteiger partial charge in [0.25, 0.3) is 0 Å². The standard InChI is InChI=1S/C28H28NO4/c1-29-14-24-19(9-8-18(15-30)27(24)31-2)21-11-10-20-22(26(21)29)13-25-28(33-16-32-25)23(20)12-17-6-4-3-5-7-17/h3-11,13-14,20-22,26,30H,12,15-16H2,1-2H3/q+1. The van der Waals surface area contributed by atoms with Crippen LogP contribution in [0.2, 0.25) is 0 Å². The van der Waals surface area contributed by atoms with E-state index in [9.17, 15) is 5.11 Å². The summed E-state index contributed by atoms with van der Waals surface area (Å²) in [5, 5.41) is 9.78. The second kappa shape index (κ2) is 7.92. The van der Waals surface area contributed by atoms with Crippen molar-refractivity contribution in [3.63, 3.8) is 0 Å². The van der Waals surface area contributed by atoms with Gasteiger partial charge in [0.1, 0.15) is 12.8 Å². The monoisotopic (exact) mass is 442 g/mol. The number of nitrogens with zero attached hydrogens (tertiary/aromatic N) is 1. The molecular formula is C28H28NO4+. The summed E-state index contributed by atoms with van der Waals surface area (Å²) in [6.45, 7) is 0.241. The number of hydrogen-bond acceptors (Lipinski definition) is 4. The first-order valence-electron chi connectivity index (χ1n) is 11.5. The predicted molar refractivity (Wildman–Crippen MR) is 125 cm³/mol. The molecule has 2 aliphatic carbocycles. The predicted octanol–water partition coefficient (Wildman–Crippen LogP) is 3.92. The van der Waals surface area contributed by atoms with Crippen molar-refractivity contribution in [3.8, 4) is 5.75 Å². The molecule has 168 valence electrons. The second-order valence-electron chi connectivity index (χ2n) is 9.17. The highest BCUT2D eigenvalue weighted by atomic mass is 16.7. The number of hydrogen-bond donors (Lipinski definition) is 1. The molecule has 0 bridgehead atoms. The van der Waals surface area contributed by atoms with Crippen LogP contribution in [0.3, 0.4) is 0 Å². The molecule has 0 saturated carbocycles. The van der Waals surface area contributed by atoms with Crippen molar-refractivity contribution >= 4 is 6.21 Å². The third kappa shape index (κ3) is 3.14. The van der Waals surface area contributed by atoms with Gasteiger partial charge in [0.05, 0.1) is 31.1 Å². The van der Waals surface area contributed by atoms with Gasteiger partial charge in [-0.05, 0) is 29.2 Å². The van der Waals surface area contributed by atoms with Gasteiger partial charge in [0.2, 0.25) is 6.79 Å². The van der Waals surface area contributed by atoms with Crippen LogP contribution in [0.5, 0.6) is 5.75 Å². The molecule has 0 aromatic heterocycles. The van der Waals surface area contributed by atoms with Gasteiger partial charge in [0.15, 0.2) is 23.8 Å². The first-order chi connectivity index (χ1) is 16.2. The number of fused-ring (bicyclic) bond motifs is 6. The van der Waals surface area contributed by atoms with Gasteiger partial charge < -0.3 is 19.3 Å². The number of benzene rings is 2. The molecule has 2 heterocycles. The van der Waals surface area contributed by atoms with Gasteiger partial charge in [-0.15, -0.1) is 0 Å². The lowest BCUT2D eigenvalue weighted by molar-refractivity contribution is -0.546. The van der Waals surface area contributed by atoms with E-state index in [4.69, 9.17) is 14.2 Å². The SMILES string of the molecule is COc1c(CO)ccc2c1C=[N+](C)C1C2C=CC2C(Cc3ccccc3)=C3OCOC3=CC21. The Balaban J connectivity index is 1.45. The highest BCUT2D eigenvalue weighted by molar-refractivity contribution is 5.85. The minimum absolute atomic E-state index is 0.0392. The Bertz CT molecular complexity index is 1220. The Morgan fingerprint density at radius 1 is 1.06 bits per heavy atom. The molecule has 4 atom stereocenters. The van der Waals surface area contributed by atoms with Crippen molar-refractivity contribution < 1.29 is 23.9 Å². The molecule has 0 radical (unpaired) electrons. The first kappa shape index (κ1) is 20.3. The van der Waals surface area contributed by atoms with E-state index in [-0.39, 0.29) is 37.2 Å². The topological polar surface area (TPSA) is 50.9 Å². The van der Waals surface area contributed by atoms with Crippen LogP contribution in [0, 0.1) is 11.8 Å². The molecule has 1 saturated heterocycles. The highest BCUT2D eigenvalue weighted by Crippen LogP contribution is 2.49. The molecule has 0 spiro atoms. The van der Waals surface area contributed by atoms with E-state index >= 15 is 0 Å². The lowest BCUT2D eigenvalue weighted by atomic mass is 9.65. The van der Waals surface area contributed by atoms with Crippen LogP contribution in [0.25, 0.3) is 0 Å². The Labute approximate surface area is 193 Å². The average molecular weight is 443 g/mol. The summed E-state index contributed by atoms with van der Waals surface area (Å²) in [4.78, 5) is 0. The van der Waals surface area contributed by atoms with Crippen LogP contribution in [0.15, 0.2) is 77.8 Å². The first-order valence-corrected chi connectivity index (χ1v) is 11.5. The Morgan fingerprint density at radius 2 is 1.88 bits per heavy atom. The summed E-state index contributed by atoms with van der Waals surface area (Å²) in [6, 6.07) is 15.0. The number of ether oxygens (including phenoxy) is 3. The third-order valence-electron chi connectivity index (χ3n) is 7.47. The van der Waals surface area contributed by atoms with E-state index < -0.39 is 0 Å². The maximum absolute atomic E-state index is 9.78. The fraction of sp³-hybridized carbons (Fsp3) is 0.321. The van der Waals surface area contributed by atoms with Gasteiger partial charge in [-0.1, -0.05) is 54.6 Å². The number of methoxy groups -OCH3 is 1. The van der Waals surface area contributed by atoms with Crippen LogP contribution in [-0.2, 0) is 22.5 Å². The van der Waals surface area contributed by atoms with Crippen LogP contribution in [0.4, 0.5) is 0 Å². The van der Waals surface area contributed by atoms with E-state index in [1.807, 2.05) is 6.07 Å². The molecule has 5 heteroatoms. The fourth-order valence-corrected chi connectivity index (χ4v) is 6.04. The molecule has 33 heavy (non-hydrogen) atoms. The van der Waals surface area contributed by atoms with Crippen molar-refractivity contribution in [2.75, 3.05) is 21.0 Å². The Hall–Kier alpha value is -3.31. The van der Waals surface area contributed by atoms with Crippen LogP contribution >= 0.6 is 0 Å². The lowest BCUT2D eigenvalue weighted by Crippen LogP contribution is -2.46. The van der Waals surface area contributed by atoms with Gasteiger partial charge in [0, 0.05) is 11.5 Å². The van der Waals surface area contributed by atoms with Crippen LogP contribution in [0.1, 0.15) is 28.2 Å². The van der Waals surface area contributed by atoms with Gasteiger partial charge in [-0.3, -0.25) is 0 Å². The molecule has 0 amide bonds. The third-order valence-corrected chi connectivity index (χ3v) is 7.47. The summed E-state index contributed by atoms with van der Waals surface area (Å²) in [7, 11) is 3.81. The molecule has 6 rings (SSSR count). The average Bonchev–Trinajstić information content (AvgIpc) is 3.32. The summed E-state index contributed by atoms with van der Waals surface area (Å²) < 4.78 is 19.9. The number of rotatable bonds is 4. The maximum Gasteiger partial charge on any atom is 0.231 e. The summed E-state index contributed by atoms with van der Waals surface area (Å²) in [5.74, 6) is 3.29. The van der Waals surface area contributed by atoms with E-state index in [0.29, 0.717) is 0 Å². The molecule has 2 aromatic rings. The van der Waals surface area contributed by atoms with Crippen LogP contribution in [-0.4, -0.2) is 42.9 Å². The van der Waals surface area contributed by atoms with Gasteiger partial charge in [-0.25, -0.2) is 4.58 Å². The zero-order chi connectivity index (χ0) is 22.5. The molecular weight excluding hydrogens is 414 g/mol. The zero-order valence-corrected chi connectivity index (χ0v) is 18.9. The zero-order valence-electron chi connectivity index (χ0n) is 18.9. The summed E-state index contributed by atoms with van der Waals surface area (Å²) >= 11 is 0. The Morgan fingerprint density at radius 3 is 2.67 bits per heavy atom. The summed E-state index contributed by atoms with van der Waals surface area (Å²) in [5.41, 5.74) is 5.68. The number of aliphatic hydroxyl groups excluding tert-OH is 1. The molecule has 4 aliphatic rings. The van der Waals surface area contributed by atoms with E-state index in [1.165, 1.54) is 16.7 Å². The smallest absolute Gasteiger partial charge is 0.231 e. The van der Waals surface area contributed by atoms with Crippen molar-refractivity contribution in [2.45, 2.75) is 25.0 Å². The fourth-order valence-electron chi connectivity index (χ4n) is 6.04. The van der Waals surface area contributed by atoms with Crippen molar-refractivity contribution in [3.05, 3.63) is 100 Å². The van der Waals surface area contributed by atoms with E-state index in [1.54, 1.807) is 7.11 Å². The van der Waals surface area contributed by atoms with E-state index in [2.05, 4.69) is 72.5 Å². The minimum Gasteiger partial charge on any atom is -0.496 e. The molecule has 2 aliphatic heterocycles. The second-order valence-corrected chi connectivity index (χ2v) is 9.17.